The summed E-state index contributed by atoms with van der Waals surface area (Å²) in [6.45, 7) is 0. The van der Waals surface area contributed by atoms with Gasteiger partial charge in [-0.3, -0.25) is 0 Å². The first-order valence-corrected chi connectivity index (χ1v) is 6.76. The molecule has 0 spiro atoms. The Morgan fingerprint density at radius 1 is 1.21 bits per heavy atom. The number of hydrogen-bond acceptors (Lipinski definition) is 4. The van der Waals surface area contributed by atoms with Crippen molar-refractivity contribution >= 4 is 21.9 Å². The minimum Gasteiger partial charge on any atom is -0.748 e. The van der Waals surface area contributed by atoms with Crippen LogP contribution >= 0.6 is 11.8 Å². The van der Waals surface area contributed by atoms with E-state index < -0.39 is 10.1 Å². The van der Waals surface area contributed by atoms with Crippen LogP contribution in [-0.2, 0) is 10.1 Å². The van der Waals surface area contributed by atoms with Crippen molar-refractivity contribution in [3.63, 3.8) is 0 Å². The van der Waals surface area contributed by atoms with E-state index in [0.29, 0.717) is 12.2 Å². The van der Waals surface area contributed by atoms with Crippen molar-refractivity contribution in [1.29, 1.82) is 0 Å². The van der Waals surface area contributed by atoms with Crippen LogP contribution < -0.4 is 0 Å². The average Bonchev–Trinajstić information content (AvgIpc) is 2.13. The van der Waals surface area contributed by atoms with Crippen LogP contribution in [0.2, 0.25) is 0 Å². The van der Waals surface area contributed by atoms with E-state index >= 15 is 0 Å². The summed E-state index contributed by atoms with van der Waals surface area (Å²) in [4.78, 5) is 1.09. The largest absolute Gasteiger partial charge is 0.748 e. The van der Waals surface area contributed by atoms with Gasteiger partial charge in [-0.2, -0.15) is 0 Å². The van der Waals surface area contributed by atoms with Gasteiger partial charge in [0.1, 0.15) is 0 Å². The van der Waals surface area contributed by atoms with E-state index in [2.05, 4.69) is 0 Å². The van der Waals surface area contributed by atoms with Crippen LogP contribution in [0.1, 0.15) is 6.42 Å². The number of hydrogen-bond donors (Lipinski definition) is 0. The van der Waals surface area contributed by atoms with E-state index in [9.17, 15) is 13.0 Å². The van der Waals surface area contributed by atoms with E-state index in [1.165, 1.54) is 0 Å². The second-order valence-electron chi connectivity index (χ2n) is 2.78. The summed E-state index contributed by atoms with van der Waals surface area (Å²) in [5.41, 5.74) is 0. The third kappa shape index (κ3) is 5.26. The van der Waals surface area contributed by atoms with Gasteiger partial charge < -0.3 is 4.55 Å². The van der Waals surface area contributed by atoms with Crippen LogP contribution in [0, 0.1) is 0 Å². The summed E-state index contributed by atoms with van der Waals surface area (Å²) in [5.74, 6) is 0.387. The molecule has 3 nitrogen and oxygen atoms in total. The molecule has 1 aromatic rings. The third-order valence-corrected chi connectivity index (χ3v) is 3.44. The topological polar surface area (TPSA) is 57.2 Å². The summed E-state index contributed by atoms with van der Waals surface area (Å²) < 4.78 is 30.8. The van der Waals surface area contributed by atoms with Gasteiger partial charge in [-0.1, -0.05) is 18.2 Å². The molecule has 0 saturated heterocycles. The van der Waals surface area contributed by atoms with Gasteiger partial charge in [-0.25, -0.2) is 8.42 Å². The van der Waals surface area contributed by atoms with Crippen LogP contribution in [0.4, 0.5) is 0 Å². The lowest BCUT2D eigenvalue weighted by atomic mass is 10.4. The zero-order valence-electron chi connectivity index (χ0n) is 7.55. The van der Waals surface area contributed by atoms with Gasteiger partial charge in [0.15, 0.2) is 0 Å². The molecular weight excluding hydrogens is 220 g/mol. The van der Waals surface area contributed by atoms with Crippen LogP contribution in [0.3, 0.4) is 0 Å². The lowest BCUT2D eigenvalue weighted by Gasteiger charge is -2.05. The molecule has 1 aromatic carbocycles. The molecule has 0 aliphatic rings. The molecule has 0 heterocycles. The zero-order valence-corrected chi connectivity index (χ0v) is 9.18. The third-order valence-electron chi connectivity index (χ3n) is 1.55. The number of rotatable bonds is 5. The molecule has 0 atom stereocenters. The molecule has 5 heteroatoms. The van der Waals surface area contributed by atoms with Gasteiger partial charge in [0, 0.05) is 10.6 Å². The number of thioether (sulfide) groups is 1. The van der Waals surface area contributed by atoms with Crippen LogP contribution in [0.25, 0.3) is 0 Å². The van der Waals surface area contributed by atoms with Crippen molar-refractivity contribution in [3.8, 4) is 0 Å². The average molecular weight is 231 g/mol. The van der Waals surface area contributed by atoms with Gasteiger partial charge in [-0.15, -0.1) is 11.8 Å². The molecular formula is C9H11O3S2-. The minimum atomic E-state index is -4.04. The van der Waals surface area contributed by atoms with Crippen molar-refractivity contribution in [2.75, 3.05) is 11.5 Å². The lowest BCUT2D eigenvalue weighted by Crippen LogP contribution is -2.04. The fourth-order valence-electron chi connectivity index (χ4n) is 0.942. The van der Waals surface area contributed by atoms with Crippen molar-refractivity contribution in [1.82, 2.24) is 0 Å². The van der Waals surface area contributed by atoms with Crippen molar-refractivity contribution < 1.29 is 13.0 Å². The van der Waals surface area contributed by atoms with Crippen molar-refractivity contribution in [3.05, 3.63) is 30.3 Å². The monoisotopic (exact) mass is 231 g/mol. The molecule has 0 radical (unpaired) electrons. The summed E-state index contributed by atoms with van der Waals surface area (Å²) in [7, 11) is -4.04. The maximum Gasteiger partial charge on any atom is 0.0946 e. The molecule has 78 valence electrons. The molecule has 0 saturated carbocycles. The molecule has 0 aromatic heterocycles. The van der Waals surface area contributed by atoms with E-state index in [-0.39, 0.29) is 5.75 Å². The first kappa shape index (κ1) is 11.6. The Hall–Kier alpha value is -0.520. The molecule has 0 amide bonds. The fourth-order valence-corrected chi connectivity index (χ4v) is 2.50. The van der Waals surface area contributed by atoms with E-state index in [4.69, 9.17) is 0 Å². The zero-order chi connectivity index (χ0) is 10.4. The van der Waals surface area contributed by atoms with Gasteiger partial charge in [0.05, 0.1) is 10.1 Å². The Morgan fingerprint density at radius 3 is 2.43 bits per heavy atom. The standard InChI is InChI=1S/C9H12O3S2/c10-14(11,12)8-4-7-13-9-5-2-1-3-6-9/h1-3,5-6H,4,7-8H2,(H,10,11,12)/p-1. The van der Waals surface area contributed by atoms with E-state index in [1.54, 1.807) is 11.8 Å². The highest BCUT2D eigenvalue weighted by molar-refractivity contribution is 7.99. The SMILES string of the molecule is O=S(=O)([O-])CCCSc1ccccc1. The summed E-state index contributed by atoms with van der Waals surface area (Å²) >= 11 is 1.56. The minimum absolute atomic E-state index is 0.271. The molecule has 1 rings (SSSR count). The highest BCUT2D eigenvalue weighted by atomic mass is 32.2. The van der Waals surface area contributed by atoms with Gasteiger partial charge in [0.2, 0.25) is 0 Å². The normalized spacial score (nSPS) is 11.5. The smallest absolute Gasteiger partial charge is 0.0946 e. The van der Waals surface area contributed by atoms with Gasteiger partial charge >= 0.3 is 0 Å². The number of benzene rings is 1. The molecule has 0 fully saturated rings. The Labute approximate surface area is 88.3 Å². The van der Waals surface area contributed by atoms with Gasteiger partial charge in [-0.05, 0) is 24.3 Å². The highest BCUT2D eigenvalue weighted by Crippen LogP contribution is 2.17. The Morgan fingerprint density at radius 2 is 1.86 bits per heavy atom. The summed E-state index contributed by atoms with van der Waals surface area (Å²) in [5, 5.41) is 0. The highest BCUT2D eigenvalue weighted by Gasteiger charge is 1.96. The maximum atomic E-state index is 10.3. The van der Waals surface area contributed by atoms with Crippen molar-refractivity contribution in [2.45, 2.75) is 11.3 Å². The quantitative estimate of drug-likeness (QED) is 0.440. The first-order chi connectivity index (χ1) is 6.58. The predicted molar refractivity (Wildman–Crippen MR) is 56.3 cm³/mol. The molecule has 0 unspecified atom stereocenters. The van der Waals surface area contributed by atoms with Crippen LogP contribution in [-0.4, -0.2) is 24.5 Å². The van der Waals surface area contributed by atoms with E-state index in [0.717, 1.165) is 4.90 Å². The molecule has 0 aliphatic carbocycles. The lowest BCUT2D eigenvalue weighted by molar-refractivity contribution is 0.462. The van der Waals surface area contributed by atoms with Crippen LogP contribution in [0.15, 0.2) is 35.2 Å². The van der Waals surface area contributed by atoms with Gasteiger partial charge in [0.25, 0.3) is 0 Å². The maximum absolute atomic E-state index is 10.3. The Kier molecular flexibility index (Phi) is 4.44. The van der Waals surface area contributed by atoms with Crippen LogP contribution in [0.5, 0.6) is 0 Å². The Balaban J connectivity index is 2.23. The molecule has 14 heavy (non-hydrogen) atoms. The van der Waals surface area contributed by atoms with Crippen molar-refractivity contribution in [2.24, 2.45) is 0 Å². The second-order valence-corrected chi connectivity index (χ2v) is 5.47. The molecule has 0 N–H and O–H groups in total. The summed E-state index contributed by atoms with van der Waals surface area (Å²) in [6, 6.07) is 9.68. The predicted octanol–water partition coefficient (Wildman–Crippen LogP) is 1.71. The van der Waals surface area contributed by atoms with E-state index in [1.807, 2.05) is 30.3 Å². The Bertz CT molecular complexity index is 359. The molecule has 0 aliphatic heterocycles. The second kappa shape index (κ2) is 5.38. The first-order valence-electron chi connectivity index (χ1n) is 4.19. The molecule has 0 bridgehead atoms. The fraction of sp³-hybridized carbons (Fsp3) is 0.333. The summed E-state index contributed by atoms with van der Waals surface area (Å²) in [6.07, 6.45) is 0.408.